The van der Waals surface area contributed by atoms with Crippen molar-refractivity contribution >= 4 is 29.9 Å². The van der Waals surface area contributed by atoms with Gasteiger partial charge in [-0.05, 0) is 33.1 Å². The lowest BCUT2D eigenvalue weighted by Gasteiger charge is -2.27. The quantitative estimate of drug-likeness (QED) is 0.479. The van der Waals surface area contributed by atoms with E-state index in [-0.39, 0.29) is 24.0 Å². The molecule has 5 nitrogen and oxygen atoms in total. The maximum absolute atomic E-state index is 6.01. The Balaban J connectivity index is 0.00000162. The number of nitrogens with zero attached hydrogens (tertiary/aromatic N) is 3. The van der Waals surface area contributed by atoms with Crippen LogP contribution in [0.4, 0.5) is 0 Å². The van der Waals surface area contributed by atoms with Crippen LogP contribution in [0.1, 0.15) is 36.2 Å². The molecule has 1 aromatic heterocycles. The number of nitrogens with one attached hydrogen (secondary N) is 1. The van der Waals surface area contributed by atoms with Crippen LogP contribution in [-0.2, 0) is 6.54 Å². The van der Waals surface area contributed by atoms with Gasteiger partial charge < -0.3 is 10.6 Å². The Morgan fingerprint density at radius 1 is 1.33 bits per heavy atom. The smallest absolute Gasteiger partial charge is 0.191 e. The number of H-pyrrole nitrogens is 1. The van der Waals surface area contributed by atoms with Gasteiger partial charge in [0.15, 0.2) is 5.96 Å². The van der Waals surface area contributed by atoms with Crippen molar-refractivity contribution in [3.8, 4) is 0 Å². The van der Waals surface area contributed by atoms with Crippen molar-refractivity contribution in [2.45, 2.75) is 39.7 Å². The summed E-state index contributed by atoms with van der Waals surface area (Å²) in [5.41, 5.74) is 9.26. The molecular weight excluding hydrogens is 341 g/mol. The summed E-state index contributed by atoms with van der Waals surface area (Å²) < 4.78 is 0. The number of likely N-dealkylation sites (tertiary alicyclic amines) is 1. The van der Waals surface area contributed by atoms with E-state index in [0.717, 1.165) is 30.0 Å². The minimum atomic E-state index is 0. The van der Waals surface area contributed by atoms with Crippen LogP contribution >= 0.6 is 24.0 Å². The van der Waals surface area contributed by atoms with Gasteiger partial charge in [-0.2, -0.15) is 5.10 Å². The predicted octanol–water partition coefficient (Wildman–Crippen LogP) is 1.95. The van der Waals surface area contributed by atoms with Gasteiger partial charge in [-0.1, -0.05) is 0 Å². The number of aryl methyl sites for hydroxylation is 2. The first-order valence-corrected chi connectivity index (χ1v) is 6.24. The van der Waals surface area contributed by atoms with E-state index in [1.54, 1.807) is 0 Å². The third kappa shape index (κ3) is 3.60. The Morgan fingerprint density at radius 3 is 2.56 bits per heavy atom. The molecule has 2 rings (SSSR count). The van der Waals surface area contributed by atoms with E-state index in [0.29, 0.717) is 12.5 Å². The fraction of sp³-hybridized carbons (Fsp3) is 0.667. The highest BCUT2D eigenvalue weighted by Crippen LogP contribution is 2.12. The molecule has 1 aliphatic rings. The van der Waals surface area contributed by atoms with Gasteiger partial charge in [-0.15, -0.1) is 24.0 Å². The first-order chi connectivity index (χ1) is 8.18. The summed E-state index contributed by atoms with van der Waals surface area (Å²) in [7, 11) is 0. The molecule has 2 heterocycles. The molecule has 0 aliphatic carbocycles. The van der Waals surface area contributed by atoms with Gasteiger partial charge in [-0.25, -0.2) is 4.99 Å². The molecule has 0 aromatic carbocycles. The molecule has 1 fully saturated rings. The highest BCUT2D eigenvalue weighted by atomic mass is 127. The predicted molar refractivity (Wildman–Crippen MR) is 84.2 cm³/mol. The number of nitrogens with two attached hydrogens (primary N) is 1. The molecule has 18 heavy (non-hydrogen) atoms. The molecule has 6 heteroatoms. The highest BCUT2D eigenvalue weighted by molar-refractivity contribution is 14.0. The summed E-state index contributed by atoms with van der Waals surface area (Å²) in [6, 6.07) is 0. The molecular formula is C12H22IN5. The van der Waals surface area contributed by atoms with Crippen LogP contribution in [-0.4, -0.2) is 34.1 Å². The standard InChI is InChI=1S/C12H21N5.HI/c1-9-11(10(2)16-15-9)8-14-12(13)17-6-4-3-5-7-17;/h3-8H2,1-2H3,(H2,13,14)(H,15,16);1H. The van der Waals surface area contributed by atoms with E-state index >= 15 is 0 Å². The molecule has 3 N–H and O–H groups in total. The van der Waals surface area contributed by atoms with Crippen LogP contribution in [0.15, 0.2) is 4.99 Å². The Morgan fingerprint density at radius 2 is 2.00 bits per heavy atom. The Kier molecular flexibility index (Phi) is 5.90. The van der Waals surface area contributed by atoms with E-state index in [9.17, 15) is 0 Å². The number of guanidine groups is 1. The Hall–Kier alpha value is -0.790. The van der Waals surface area contributed by atoms with E-state index in [1.165, 1.54) is 19.3 Å². The van der Waals surface area contributed by atoms with Crippen LogP contribution in [0, 0.1) is 13.8 Å². The van der Waals surface area contributed by atoms with Gasteiger partial charge in [-0.3, -0.25) is 5.10 Å². The molecule has 102 valence electrons. The molecule has 0 amide bonds. The zero-order chi connectivity index (χ0) is 12.3. The van der Waals surface area contributed by atoms with Gasteiger partial charge in [0, 0.05) is 24.3 Å². The number of hydrogen-bond donors (Lipinski definition) is 2. The van der Waals surface area contributed by atoms with Gasteiger partial charge >= 0.3 is 0 Å². The average molecular weight is 363 g/mol. The maximum atomic E-state index is 6.01. The molecule has 1 aliphatic heterocycles. The minimum absolute atomic E-state index is 0. The van der Waals surface area contributed by atoms with Crippen LogP contribution in [0.2, 0.25) is 0 Å². The molecule has 0 radical (unpaired) electrons. The normalized spacial score (nSPS) is 16.6. The SMILES string of the molecule is Cc1n[nH]c(C)c1CN=C(N)N1CCCCC1.I. The van der Waals surface area contributed by atoms with Crippen molar-refractivity contribution < 1.29 is 0 Å². The lowest BCUT2D eigenvalue weighted by atomic mass is 10.1. The molecule has 0 unspecified atom stereocenters. The third-order valence-electron chi connectivity index (χ3n) is 3.36. The summed E-state index contributed by atoms with van der Waals surface area (Å²) in [5, 5.41) is 7.12. The number of aromatic amines is 1. The van der Waals surface area contributed by atoms with Crippen molar-refractivity contribution in [3.05, 3.63) is 17.0 Å². The zero-order valence-corrected chi connectivity index (χ0v) is 13.4. The van der Waals surface area contributed by atoms with Gasteiger partial charge in [0.2, 0.25) is 0 Å². The minimum Gasteiger partial charge on any atom is -0.370 e. The summed E-state index contributed by atoms with van der Waals surface area (Å²) >= 11 is 0. The Labute approximate surface area is 125 Å². The van der Waals surface area contributed by atoms with E-state index in [2.05, 4.69) is 20.1 Å². The number of hydrogen-bond acceptors (Lipinski definition) is 2. The van der Waals surface area contributed by atoms with Crippen molar-refractivity contribution in [1.29, 1.82) is 0 Å². The number of aromatic nitrogens is 2. The second-order valence-corrected chi connectivity index (χ2v) is 4.63. The van der Waals surface area contributed by atoms with Crippen LogP contribution in [0.25, 0.3) is 0 Å². The second kappa shape index (κ2) is 6.96. The monoisotopic (exact) mass is 363 g/mol. The fourth-order valence-corrected chi connectivity index (χ4v) is 2.19. The van der Waals surface area contributed by atoms with Crippen LogP contribution < -0.4 is 5.73 Å². The van der Waals surface area contributed by atoms with E-state index in [4.69, 9.17) is 5.73 Å². The van der Waals surface area contributed by atoms with Crippen molar-refractivity contribution in [2.75, 3.05) is 13.1 Å². The topological polar surface area (TPSA) is 70.3 Å². The summed E-state index contributed by atoms with van der Waals surface area (Å²) in [6.45, 7) is 6.71. The zero-order valence-electron chi connectivity index (χ0n) is 11.1. The Bertz CT molecular complexity index is 387. The largest absolute Gasteiger partial charge is 0.370 e. The molecule has 0 bridgehead atoms. The number of rotatable bonds is 2. The fourth-order valence-electron chi connectivity index (χ4n) is 2.19. The first-order valence-electron chi connectivity index (χ1n) is 6.24. The van der Waals surface area contributed by atoms with Crippen molar-refractivity contribution in [3.63, 3.8) is 0 Å². The average Bonchev–Trinajstić information content (AvgIpc) is 2.67. The van der Waals surface area contributed by atoms with Crippen molar-refractivity contribution in [2.24, 2.45) is 10.7 Å². The molecule has 0 saturated carbocycles. The second-order valence-electron chi connectivity index (χ2n) is 4.63. The number of aliphatic imine (C=N–C) groups is 1. The summed E-state index contributed by atoms with van der Waals surface area (Å²) in [5.74, 6) is 0.671. The molecule has 1 saturated heterocycles. The maximum Gasteiger partial charge on any atom is 0.191 e. The molecule has 0 spiro atoms. The molecule has 0 atom stereocenters. The number of halogens is 1. The van der Waals surface area contributed by atoms with Crippen LogP contribution in [0.5, 0.6) is 0 Å². The summed E-state index contributed by atoms with van der Waals surface area (Å²) in [6.07, 6.45) is 3.75. The lowest BCUT2D eigenvalue weighted by molar-refractivity contribution is 0.338. The van der Waals surface area contributed by atoms with Gasteiger partial charge in [0.25, 0.3) is 0 Å². The van der Waals surface area contributed by atoms with Gasteiger partial charge in [0.1, 0.15) is 0 Å². The van der Waals surface area contributed by atoms with E-state index in [1.807, 2.05) is 13.8 Å². The number of piperidine rings is 1. The highest BCUT2D eigenvalue weighted by Gasteiger charge is 2.12. The molecule has 1 aromatic rings. The lowest BCUT2D eigenvalue weighted by Crippen LogP contribution is -2.40. The van der Waals surface area contributed by atoms with E-state index < -0.39 is 0 Å². The van der Waals surface area contributed by atoms with Gasteiger partial charge in [0.05, 0.1) is 12.2 Å². The summed E-state index contributed by atoms with van der Waals surface area (Å²) in [4.78, 5) is 6.65. The third-order valence-corrected chi connectivity index (χ3v) is 3.36. The van der Waals surface area contributed by atoms with Crippen molar-refractivity contribution in [1.82, 2.24) is 15.1 Å². The first kappa shape index (κ1) is 15.3. The van der Waals surface area contributed by atoms with Crippen LogP contribution in [0.3, 0.4) is 0 Å².